The Hall–Kier alpha value is -4.43. The number of fused-ring (bicyclic) bond motifs is 1. The highest BCUT2D eigenvalue weighted by Gasteiger charge is 2.18. The molecule has 3 N–H and O–H groups in total. The summed E-state index contributed by atoms with van der Waals surface area (Å²) in [6.45, 7) is 0. The number of rotatable bonds is 5. The van der Waals surface area contributed by atoms with Crippen LogP contribution < -0.4 is 0 Å². The third-order valence-electron chi connectivity index (χ3n) is 5.24. The normalized spacial score (nSPS) is 11.4. The van der Waals surface area contributed by atoms with Crippen molar-refractivity contribution in [3.05, 3.63) is 89.8 Å². The molecule has 162 valence electrons. The maximum absolute atomic E-state index is 11.3. The second kappa shape index (κ2) is 8.25. The zero-order valence-electron chi connectivity index (χ0n) is 17.1. The zero-order chi connectivity index (χ0) is 22.9. The molecule has 5 aromatic rings. The number of phenols is 1. The standard InChI is InChI=1S/C25H17N3O4S/c29-23-17(15-6-3-7-16(14-15)25(31)32)9-4-10-19(23)26-27-22-18-8-1-2-11-20(18)28(24(22)30)21-12-5-13-33-21/h1-14,29-30H,(H,31,32). The fourth-order valence-electron chi connectivity index (χ4n) is 3.70. The predicted molar refractivity (Wildman–Crippen MR) is 127 cm³/mol. The molecule has 3 aromatic carbocycles. The summed E-state index contributed by atoms with van der Waals surface area (Å²) in [6.07, 6.45) is 0. The lowest BCUT2D eigenvalue weighted by Crippen LogP contribution is -1.95. The third-order valence-corrected chi connectivity index (χ3v) is 6.10. The Balaban J connectivity index is 1.59. The fourth-order valence-corrected chi connectivity index (χ4v) is 4.44. The SMILES string of the molecule is O=C(O)c1cccc(-c2cccc(N=Nc3c(O)n(-c4cccs4)c4ccccc34)c2O)c1. The van der Waals surface area contributed by atoms with Crippen LogP contribution in [-0.2, 0) is 0 Å². The van der Waals surface area contributed by atoms with E-state index in [1.54, 1.807) is 34.9 Å². The number of phenolic OH excluding ortho intramolecular Hbond substituents is 1. The van der Waals surface area contributed by atoms with Crippen LogP contribution in [0.4, 0.5) is 11.4 Å². The van der Waals surface area contributed by atoms with Crippen molar-refractivity contribution in [2.75, 3.05) is 0 Å². The predicted octanol–water partition coefficient (Wildman–Crippen LogP) is 6.88. The van der Waals surface area contributed by atoms with Gasteiger partial charge in [-0.05, 0) is 47.3 Å². The van der Waals surface area contributed by atoms with Gasteiger partial charge in [-0.3, -0.25) is 4.57 Å². The van der Waals surface area contributed by atoms with Gasteiger partial charge in [-0.15, -0.1) is 21.6 Å². The summed E-state index contributed by atoms with van der Waals surface area (Å²) in [5.41, 5.74) is 2.36. The van der Waals surface area contributed by atoms with Crippen LogP contribution in [0.15, 0.2) is 94.5 Å². The van der Waals surface area contributed by atoms with Gasteiger partial charge in [0.2, 0.25) is 5.88 Å². The Morgan fingerprint density at radius 1 is 0.879 bits per heavy atom. The molecule has 0 saturated carbocycles. The number of carboxylic acid groups (broad SMARTS) is 1. The van der Waals surface area contributed by atoms with E-state index in [0.717, 1.165) is 15.9 Å². The van der Waals surface area contributed by atoms with E-state index in [1.807, 2.05) is 41.8 Å². The van der Waals surface area contributed by atoms with E-state index >= 15 is 0 Å². The van der Waals surface area contributed by atoms with Crippen LogP contribution in [0.5, 0.6) is 11.6 Å². The molecule has 7 nitrogen and oxygen atoms in total. The van der Waals surface area contributed by atoms with Gasteiger partial charge in [-0.25, -0.2) is 4.79 Å². The highest BCUT2D eigenvalue weighted by Crippen LogP contribution is 2.43. The first kappa shape index (κ1) is 20.5. The van der Waals surface area contributed by atoms with E-state index in [9.17, 15) is 20.1 Å². The molecule has 0 aliphatic heterocycles. The molecule has 0 aliphatic rings. The van der Waals surface area contributed by atoms with E-state index in [4.69, 9.17) is 0 Å². The minimum Gasteiger partial charge on any atom is -0.505 e. The molecular formula is C25H17N3O4S. The summed E-state index contributed by atoms with van der Waals surface area (Å²) >= 11 is 1.49. The third kappa shape index (κ3) is 3.62. The van der Waals surface area contributed by atoms with E-state index in [0.29, 0.717) is 11.1 Å². The summed E-state index contributed by atoms with van der Waals surface area (Å²) in [4.78, 5) is 11.3. The van der Waals surface area contributed by atoms with Crippen LogP contribution in [0.25, 0.3) is 27.0 Å². The topological polar surface area (TPSA) is 107 Å². The van der Waals surface area contributed by atoms with Gasteiger partial charge in [-0.1, -0.05) is 42.5 Å². The maximum Gasteiger partial charge on any atom is 0.335 e. The molecule has 8 heteroatoms. The Bertz CT molecular complexity index is 1520. The van der Waals surface area contributed by atoms with Crippen LogP contribution >= 0.6 is 11.3 Å². The van der Waals surface area contributed by atoms with Crippen molar-refractivity contribution in [1.29, 1.82) is 0 Å². The molecule has 2 aromatic heterocycles. The second-order valence-corrected chi connectivity index (χ2v) is 8.16. The number of azo groups is 1. The molecule has 0 radical (unpaired) electrons. The van der Waals surface area contributed by atoms with Gasteiger partial charge >= 0.3 is 5.97 Å². The van der Waals surface area contributed by atoms with E-state index in [1.165, 1.54) is 23.5 Å². The Morgan fingerprint density at radius 2 is 1.70 bits per heavy atom. The average Bonchev–Trinajstić information content (AvgIpc) is 3.44. The van der Waals surface area contributed by atoms with Gasteiger partial charge in [0.05, 0.1) is 11.1 Å². The number of carbonyl (C=O) groups is 1. The number of nitrogens with zero attached hydrogens (tertiary/aromatic N) is 3. The van der Waals surface area contributed by atoms with Gasteiger partial charge in [-0.2, -0.15) is 0 Å². The summed E-state index contributed by atoms with van der Waals surface area (Å²) in [5.74, 6) is -1.23. The summed E-state index contributed by atoms with van der Waals surface area (Å²) in [5, 5.41) is 43.0. The molecule has 0 amide bonds. The minimum atomic E-state index is -1.05. The lowest BCUT2D eigenvalue weighted by molar-refractivity contribution is 0.0697. The molecule has 0 atom stereocenters. The van der Waals surface area contributed by atoms with Crippen molar-refractivity contribution in [1.82, 2.24) is 4.57 Å². The molecule has 0 spiro atoms. The van der Waals surface area contributed by atoms with Crippen molar-refractivity contribution in [2.45, 2.75) is 0 Å². The zero-order valence-corrected chi connectivity index (χ0v) is 17.9. The second-order valence-electron chi connectivity index (χ2n) is 7.24. The molecule has 5 rings (SSSR count). The van der Waals surface area contributed by atoms with E-state index in [-0.39, 0.29) is 28.6 Å². The van der Waals surface area contributed by atoms with E-state index in [2.05, 4.69) is 10.2 Å². The monoisotopic (exact) mass is 455 g/mol. The van der Waals surface area contributed by atoms with Gasteiger partial charge in [0.1, 0.15) is 10.7 Å². The average molecular weight is 455 g/mol. The van der Waals surface area contributed by atoms with Crippen LogP contribution in [0.3, 0.4) is 0 Å². The Morgan fingerprint density at radius 3 is 2.48 bits per heavy atom. The molecule has 0 fully saturated rings. The highest BCUT2D eigenvalue weighted by atomic mass is 32.1. The Labute approximate surface area is 192 Å². The summed E-state index contributed by atoms with van der Waals surface area (Å²) in [6, 6.07) is 22.5. The van der Waals surface area contributed by atoms with Crippen LogP contribution in [0.1, 0.15) is 10.4 Å². The van der Waals surface area contributed by atoms with Gasteiger partial charge in [0, 0.05) is 10.9 Å². The number of aromatic hydroxyl groups is 2. The first-order chi connectivity index (χ1) is 16.0. The number of thiophene rings is 1. The van der Waals surface area contributed by atoms with Crippen molar-refractivity contribution in [2.24, 2.45) is 10.2 Å². The van der Waals surface area contributed by atoms with Gasteiger partial charge < -0.3 is 15.3 Å². The van der Waals surface area contributed by atoms with Crippen molar-refractivity contribution >= 4 is 39.6 Å². The maximum atomic E-state index is 11.3. The minimum absolute atomic E-state index is 0.0489. The van der Waals surface area contributed by atoms with Crippen molar-refractivity contribution in [3.8, 4) is 27.8 Å². The quantitative estimate of drug-likeness (QED) is 0.251. The van der Waals surface area contributed by atoms with Crippen LogP contribution in [0, 0.1) is 0 Å². The number of hydrogen-bond acceptors (Lipinski definition) is 6. The number of hydrogen-bond donors (Lipinski definition) is 3. The van der Waals surface area contributed by atoms with Gasteiger partial charge in [0.25, 0.3) is 0 Å². The number of carboxylic acids is 1. The fraction of sp³-hybridized carbons (Fsp3) is 0. The molecule has 2 heterocycles. The smallest absolute Gasteiger partial charge is 0.335 e. The molecule has 33 heavy (non-hydrogen) atoms. The number of para-hydroxylation sites is 2. The number of benzene rings is 3. The molecular weight excluding hydrogens is 438 g/mol. The molecule has 0 bridgehead atoms. The first-order valence-corrected chi connectivity index (χ1v) is 10.9. The molecule has 0 saturated heterocycles. The van der Waals surface area contributed by atoms with Crippen LogP contribution in [0.2, 0.25) is 0 Å². The van der Waals surface area contributed by atoms with Crippen molar-refractivity contribution in [3.63, 3.8) is 0 Å². The number of aromatic carboxylic acids is 1. The summed E-state index contributed by atoms with van der Waals surface area (Å²) < 4.78 is 1.71. The molecule has 0 aliphatic carbocycles. The lowest BCUT2D eigenvalue weighted by atomic mass is 10.0. The lowest BCUT2D eigenvalue weighted by Gasteiger charge is -2.07. The Kier molecular flexibility index (Phi) is 5.12. The van der Waals surface area contributed by atoms with E-state index < -0.39 is 5.97 Å². The number of aromatic nitrogens is 1. The van der Waals surface area contributed by atoms with Gasteiger partial charge in [0.15, 0.2) is 11.4 Å². The van der Waals surface area contributed by atoms with Crippen molar-refractivity contribution < 1.29 is 20.1 Å². The largest absolute Gasteiger partial charge is 0.505 e. The summed E-state index contributed by atoms with van der Waals surface area (Å²) in [7, 11) is 0. The van der Waals surface area contributed by atoms with Crippen LogP contribution in [-0.4, -0.2) is 25.9 Å². The molecule has 0 unspecified atom stereocenters. The highest BCUT2D eigenvalue weighted by molar-refractivity contribution is 7.12. The first-order valence-electron chi connectivity index (χ1n) is 9.98.